The third kappa shape index (κ3) is 3.63. The van der Waals surface area contributed by atoms with Crippen LogP contribution in [-0.4, -0.2) is 32.8 Å². The molecule has 2 heterocycles. The fraction of sp³-hybridized carbons (Fsp3) is 0.250. The lowest BCUT2D eigenvalue weighted by molar-refractivity contribution is -0.130. The molecule has 0 fully saturated rings. The molecule has 24 heavy (non-hydrogen) atoms. The smallest absolute Gasteiger partial charge is 0.277 e. The molecule has 2 aromatic heterocycles. The highest BCUT2D eigenvalue weighted by Crippen LogP contribution is 2.22. The molecule has 3 aromatic rings. The van der Waals surface area contributed by atoms with Crippen LogP contribution in [0.25, 0.3) is 10.9 Å². The van der Waals surface area contributed by atoms with Gasteiger partial charge in [-0.3, -0.25) is 9.59 Å². The van der Waals surface area contributed by atoms with E-state index in [4.69, 9.17) is 11.6 Å². The largest absolute Gasteiger partial charge is 0.341 e. The van der Waals surface area contributed by atoms with Gasteiger partial charge in [0.25, 0.3) is 5.56 Å². The van der Waals surface area contributed by atoms with E-state index in [9.17, 15) is 9.59 Å². The van der Waals surface area contributed by atoms with Gasteiger partial charge >= 0.3 is 0 Å². The van der Waals surface area contributed by atoms with Gasteiger partial charge in [-0.15, -0.1) is 16.4 Å². The topological polar surface area (TPSA) is 68.1 Å². The molecule has 0 saturated heterocycles. The average Bonchev–Trinajstić information content (AvgIpc) is 2.99. The van der Waals surface area contributed by atoms with Crippen LogP contribution in [-0.2, 0) is 17.9 Å². The van der Waals surface area contributed by atoms with Gasteiger partial charge in [-0.25, -0.2) is 4.68 Å². The van der Waals surface area contributed by atoms with Crippen LogP contribution < -0.4 is 5.56 Å². The number of thiophene rings is 1. The van der Waals surface area contributed by atoms with E-state index >= 15 is 0 Å². The van der Waals surface area contributed by atoms with Gasteiger partial charge in [-0.1, -0.05) is 28.9 Å². The molecule has 8 heteroatoms. The second-order valence-corrected chi connectivity index (χ2v) is 7.14. The number of fused-ring (bicyclic) bond motifs is 1. The van der Waals surface area contributed by atoms with Gasteiger partial charge in [0.05, 0.1) is 22.8 Å². The Morgan fingerprint density at radius 1 is 1.29 bits per heavy atom. The molecule has 0 unspecified atom stereocenters. The summed E-state index contributed by atoms with van der Waals surface area (Å²) < 4.78 is 1.93. The van der Waals surface area contributed by atoms with Crippen molar-refractivity contribution in [3.63, 3.8) is 0 Å². The minimum absolute atomic E-state index is 0.0682. The molecule has 0 N–H and O–H groups in total. The van der Waals surface area contributed by atoms with Crippen molar-refractivity contribution in [2.45, 2.75) is 19.5 Å². The van der Waals surface area contributed by atoms with E-state index < -0.39 is 0 Å². The van der Waals surface area contributed by atoms with Crippen molar-refractivity contribution < 1.29 is 4.79 Å². The lowest BCUT2D eigenvalue weighted by Gasteiger charge is -2.16. The highest BCUT2D eigenvalue weighted by Gasteiger charge is 2.12. The van der Waals surface area contributed by atoms with Gasteiger partial charge in [0.1, 0.15) is 5.52 Å². The van der Waals surface area contributed by atoms with Crippen LogP contribution in [0.4, 0.5) is 0 Å². The quantitative estimate of drug-likeness (QED) is 0.699. The highest BCUT2D eigenvalue weighted by atomic mass is 35.5. The number of hydrogen-bond donors (Lipinski definition) is 0. The second-order valence-electron chi connectivity index (χ2n) is 5.34. The van der Waals surface area contributed by atoms with Gasteiger partial charge in [-0.05, 0) is 24.3 Å². The Balaban J connectivity index is 1.65. The zero-order chi connectivity index (χ0) is 17.1. The number of carbonyl (C=O) groups is 1. The minimum atomic E-state index is -0.235. The average molecular weight is 363 g/mol. The highest BCUT2D eigenvalue weighted by molar-refractivity contribution is 7.16. The van der Waals surface area contributed by atoms with Crippen LogP contribution in [0, 0.1) is 0 Å². The first-order valence-electron chi connectivity index (χ1n) is 7.35. The standard InChI is InChI=1S/C16H15ClN4O2S/c1-20(10-11-6-7-14(17)24-11)15(22)8-9-21-16(23)12-4-2-3-5-13(12)18-19-21/h2-7H,8-10H2,1H3. The van der Waals surface area contributed by atoms with E-state index in [1.54, 1.807) is 36.2 Å². The van der Waals surface area contributed by atoms with Crippen molar-refractivity contribution in [3.8, 4) is 0 Å². The molecule has 0 saturated carbocycles. The number of nitrogens with zero attached hydrogens (tertiary/aromatic N) is 4. The molecule has 0 bridgehead atoms. The van der Waals surface area contributed by atoms with Crippen molar-refractivity contribution in [1.82, 2.24) is 19.9 Å². The van der Waals surface area contributed by atoms with Crippen molar-refractivity contribution in [1.29, 1.82) is 0 Å². The molecule has 0 spiro atoms. The number of benzene rings is 1. The molecule has 0 aliphatic rings. The monoisotopic (exact) mass is 362 g/mol. The molecular formula is C16H15ClN4O2S. The summed E-state index contributed by atoms with van der Waals surface area (Å²) in [6.07, 6.45) is 0.183. The van der Waals surface area contributed by atoms with Gasteiger partial charge in [-0.2, -0.15) is 0 Å². The minimum Gasteiger partial charge on any atom is -0.341 e. The van der Waals surface area contributed by atoms with E-state index in [2.05, 4.69) is 10.3 Å². The van der Waals surface area contributed by atoms with E-state index in [1.807, 2.05) is 12.1 Å². The lowest BCUT2D eigenvalue weighted by Crippen LogP contribution is -2.30. The molecule has 1 aromatic carbocycles. The van der Waals surface area contributed by atoms with Crippen molar-refractivity contribution >= 4 is 39.7 Å². The van der Waals surface area contributed by atoms with Crippen molar-refractivity contribution in [2.24, 2.45) is 0 Å². The molecule has 6 nitrogen and oxygen atoms in total. The molecule has 1 amide bonds. The van der Waals surface area contributed by atoms with E-state index in [0.29, 0.717) is 21.8 Å². The number of rotatable bonds is 5. The summed E-state index contributed by atoms with van der Waals surface area (Å²) in [5.41, 5.74) is 0.317. The summed E-state index contributed by atoms with van der Waals surface area (Å²) in [5, 5.41) is 8.40. The third-order valence-corrected chi connectivity index (χ3v) is 4.83. The Kier molecular flexibility index (Phi) is 4.92. The molecule has 0 atom stereocenters. The zero-order valence-electron chi connectivity index (χ0n) is 13.0. The first-order valence-corrected chi connectivity index (χ1v) is 8.55. The van der Waals surface area contributed by atoms with Gasteiger partial charge in [0.2, 0.25) is 5.91 Å². The first kappa shape index (κ1) is 16.6. The fourth-order valence-electron chi connectivity index (χ4n) is 2.32. The lowest BCUT2D eigenvalue weighted by atomic mass is 10.2. The van der Waals surface area contributed by atoms with Gasteiger partial charge in [0.15, 0.2) is 0 Å². The SMILES string of the molecule is CN(Cc1ccc(Cl)s1)C(=O)CCn1nnc2ccccc2c1=O. The van der Waals surface area contributed by atoms with Crippen LogP contribution in [0.3, 0.4) is 0 Å². The van der Waals surface area contributed by atoms with Gasteiger partial charge < -0.3 is 4.90 Å². The van der Waals surface area contributed by atoms with Crippen LogP contribution in [0.2, 0.25) is 4.34 Å². The number of hydrogen-bond acceptors (Lipinski definition) is 5. The second kappa shape index (κ2) is 7.11. The first-order chi connectivity index (χ1) is 11.5. The molecular weight excluding hydrogens is 348 g/mol. The Morgan fingerprint density at radius 3 is 2.83 bits per heavy atom. The van der Waals surface area contributed by atoms with Crippen LogP contribution in [0.5, 0.6) is 0 Å². The maximum Gasteiger partial charge on any atom is 0.277 e. The number of carbonyl (C=O) groups excluding carboxylic acids is 1. The molecule has 0 aliphatic heterocycles. The zero-order valence-corrected chi connectivity index (χ0v) is 14.5. The van der Waals surface area contributed by atoms with E-state index in [1.165, 1.54) is 16.0 Å². The number of aromatic nitrogens is 3. The predicted molar refractivity (Wildman–Crippen MR) is 94.2 cm³/mol. The molecule has 124 valence electrons. The third-order valence-electron chi connectivity index (χ3n) is 3.61. The van der Waals surface area contributed by atoms with Crippen molar-refractivity contribution in [3.05, 3.63) is 56.0 Å². The Bertz CT molecular complexity index is 937. The Morgan fingerprint density at radius 2 is 2.08 bits per heavy atom. The van der Waals surface area contributed by atoms with Crippen LogP contribution in [0.1, 0.15) is 11.3 Å². The summed E-state index contributed by atoms with van der Waals surface area (Å²) in [7, 11) is 1.73. The fourth-order valence-corrected chi connectivity index (χ4v) is 3.46. The maximum atomic E-state index is 12.3. The predicted octanol–water partition coefficient (Wildman–Crippen LogP) is 2.56. The van der Waals surface area contributed by atoms with Gasteiger partial charge in [0, 0.05) is 18.3 Å². The summed E-state index contributed by atoms with van der Waals surface area (Å²) in [4.78, 5) is 27.2. The molecule has 3 rings (SSSR count). The van der Waals surface area contributed by atoms with Crippen LogP contribution >= 0.6 is 22.9 Å². The number of aryl methyl sites for hydroxylation is 1. The van der Waals surface area contributed by atoms with E-state index in [-0.39, 0.29) is 24.4 Å². The molecule has 0 radical (unpaired) electrons. The Labute approximate surface area is 147 Å². The maximum absolute atomic E-state index is 12.3. The summed E-state index contributed by atoms with van der Waals surface area (Å²) in [6, 6.07) is 10.7. The molecule has 0 aliphatic carbocycles. The normalized spacial score (nSPS) is 10.9. The van der Waals surface area contributed by atoms with Crippen LogP contribution in [0.15, 0.2) is 41.2 Å². The number of amides is 1. The Hall–Kier alpha value is -2.25. The van der Waals surface area contributed by atoms with E-state index in [0.717, 1.165) is 4.88 Å². The van der Waals surface area contributed by atoms with Crippen molar-refractivity contribution in [2.75, 3.05) is 7.05 Å². The summed E-state index contributed by atoms with van der Waals surface area (Å²) >= 11 is 7.34. The number of halogens is 1. The summed E-state index contributed by atoms with van der Waals surface area (Å²) in [6.45, 7) is 0.694. The summed E-state index contributed by atoms with van der Waals surface area (Å²) in [5.74, 6) is -0.0682.